The number of nitrogens with zero attached hydrogens (tertiary/aromatic N) is 3. The smallest absolute Gasteiger partial charge is 0.252 e. The second kappa shape index (κ2) is 13.6. The Hall–Kier alpha value is -5.22. The highest BCUT2D eigenvalue weighted by molar-refractivity contribution is 7.00. The van der Waals surface area contributed by atoms with Gasteiger partial charge in [-0.15, -0.1) is 0 Å². The third-order valence-electron chi connectivity index (χ3n) is 15.5. The van der Waals surface area contributed by atoms with Crippen molar-refractivity contribution in [3.63, 3.8) is 0 Å². The van der Waals surface area contributed by atoms with Crippen LogP contribution in [0.25, 0.3) is 0 Å². The van der Waals surface area contributed by atoms with Gasteiger partial charge in [0.05, 0.1) is 11.2 Å². The van der Waals surface area contributed by atoms with Gasteiger partial charge in [-0.2, -0.15) is 0 Å². The lowest BCUT2D eigenvalue weighted by Crippen LogP contribution is -2.64. The largest absolute Gasteiger partial charge is 0.335 e. The topological polar surface area (TPSA) is 9.72 Å². The summed E-state index contributed by atoms with van der Waals surface area (Å²) in [5.74, 6) is 0. The first kappa shape index (κ1) is 40.8. The van der Waals surface area contributed by atoms with Gasteiger partial charge in [-0.1, -0.05) is 143 Å². The minimum atomic E-state index is -0.0918. The molecule has 0 spiro atoms. The molecule has 3 nitrogen and oxygen atoms in total. The first-order valence-corrected chi connectivity index (χ1v) is 23.3. The molecule has 2 atom stereocenters. The van der Waals surface area contributed by atoms with Gasteiger partial charge in [-0.25, -0.2) is 0 Å². The SMILES string of the molecule is Cc1cccc(N2c3cc(C)ccc3B3c4cc(C(C)(C)C)cc5c4N(c4cc(N(c6ccc(C(C)(C)C)cc6)c6ccc(C(C)(C)C)cc6)cc2c43)C2(C)CCCCC52C)c1. The van der Waals surface area contributed by atoms with Crippen molar-refractivity contribution in [2.45, 2.75) is 143 Å². The van der Waals surface area contributed by atoms with Gasteiger partial charge in [-0.05, 0) is 154 Å². The highest BCUT2D eigenvalue weighted by atomic mass is 15.3. The second-order valence-corrected chi connectivity index (χ2v) is 22.9. The molecule has 0 amide bonds. The number of fused-ring (bicyclic) bond motifs is 7. The molecule has 6 aromatic rings. The van der Waals surface area contributed by atoms with Crippen LogP contribution in [0.1, 0.15) is 135 Å². The molecule has 4 aliphatic rings. The van der Waals surface area contributed by atoms with E-state index in [1.807, 2.05) is 0 Å². The van der Waals surface area contributed by atoms with Gasteiger partial charge in [0.1, 0.15) is 0 Å². The van der Waals surface area contributed by atoms with Crippen LogP contribution in [0.2, 0.25) is 0 Å². The summed E-state index contributed by atoms with van der Waals surface area (Å²) < 4.78 is 0. The van der Waals surface area contributed by atoms with Crippen molar-refractivity contribution >= 4 is 68.6 Å². The molecule has 6 aromatic carbocycles. The number of hydrogen-bond donors (Lipinski definition) is 0. The molecule has 62 heavy (non-hydrogen) atoms. The summed E-state index contributed by atoms with van der Waals surface area (Å²) in [4.78, 5) is 8.03. The molecule has 0 bridgehead atoms. The molecular weight excluding hydrogens is 749 g/mol. The minimum absolute atomic E-state index is 0.00454. The van der Waals surface area contributed by atoms with E-state index >= 15 is 0 Å². The van der Waals surface area contributed by atoms with Crippen molar-refractivity contribution in [1.82, 2.24) is 0 Å². The first-order chi connectivity index (χ1) is 29.2. The molecular formula is C58H66BN3. The van der Waals surface area contributed by atoms with Crippen molar-refractivity contribution in [1.29, 1.82) is 0 Å². The zero-order valence-electron chi connectivity index (χ0n) is 39.7. The van der Waals surface area contributed by atoms with Crippen LogP contribution < -0.4 is 31.1 Å². The predicted octanol–water partition coefficient (Wildman–Crippen LogP) is 14.0. The van der Waals surface area contributed by atoms with E-state index in [2.05, 4.69) is 220 Å². The molecule has 1 aliphatic carbocycles. The number of anilines is 8. The van der Waals surface area contributed by atoms with E-state index in [1.165, 1.54) is 109 Å². The quantitative estimate of drug-likeness (QED) is 0.164. The zero-order valence-corrected chi connectivity index (χ0v) is 39.7. The second-order valence-electron chi connectivity index (χ2n) is 22.9. The predicted molar refractivity (Wildman–Crippen MR) is 269 cm³/mol. The zero-order chi connectivity index (χ0) is 43.9. The van der Waals surface area contributed by atoms with E-state index in [9.17, 15) is 0 Å². The van der Waals surface area contributed by atoms with Crippen LogP contribution in [0.5, 0.6) is 0 Å². The van der Waals surface area contributed by atoms with Crippen molar-refractivity contribution in [3.8, 4) is 0 Å². The van der Waals surface area contributed by atoms with Gasteiger partial charge < -0.3 is 14.7 Å². The van der Waals surface area contributed by atoms with Gasteiger partial charge in [0, 0.05) is 45.2 Å². The molecule has 3 heterocycles. The number of benzene rings is 6. The standard InChI is InChI=1S/C58H66BN3/c1-37-17-16-18-44(31-37)61-49-32-38(2)19-28-47(49)59-48-34-41(56(9,10)11)33-46-53(48)62(58(13)30-15-14-29-57(46,58)12)51-36-45(35-50(61)52(51)59)60(42-24-20-39(21-25-42)54(3,4)5)43-26-22-40(23-27-43)55(6,7)8/h16-28,31-36H,14-15,29-30H2,1-13H3. The maximum Gasteiger partial charge on any atom is 0.252 e. The van der Waals surface area contributed by atoms with Crippen molar-refractivity contribution in [2.75, 3.05) is 14.7 Å². The van der Waals surface area contributed by atoms with Crippen LogP contribution in [0.3, 0.4) is 0 Å². The van der Waals surface area contributed by atoms with Gasteiger partial charge in [0.2, 0.25) is 0 Å². The van der Waals surface area contributed by atoms with E-state index in [-0.39, 0.29) is 33.9 Å². The van der Waals surface area contributed by atoms with Crippen LogP contribution in [0.4, 0.5) is 45.5 Å². The molecule has 3 aliphatic heterocycles. The number of aryl methyl sites for hydroxylation is 2. The monoisotopic (exact) mass is 816 g/mol. The summed E-state index contributed by atoms with van der Waals surface area (Å²) in [5.41, 5.74) is 22.7. The molecule has 0 N–H and O–H groups in total. The molecule has 0 aromatic heterocycles. The van der Waals surface area contributed by atoms with Crippen LogP contribution in [0, 0.1) is 13.8 Å². The Balaban J connectivity index is 1.33. The summed E-state index contributed by atoms with van der Waals surface area (Å²) in [7, 11) is 0. The van der Waals surface area contributed by atoms with Gasteiger partial charge in [0.15, 0.2) is 0 Å². The van der Waals surface area contributed by atoms with E-state index in [1.54, 1.807) is 5.56 Å². The Kier molecular flexibility index (Phi) is 8.98. The average Bonchev–Trinajstić information content (AvgIpc) is 3.42. The first-order valence-electron chi connectivity index (χ1n) is 23.3. The molecule has 1 saturated carbocycles. The van der Waals surface area contributed by atoms with E-state index in [4.69, 9.17) is 0 Å². The molecule has 10 rings (SSSR count). The lowest BCUT2D eigenvalue weighted by Gasteiger charge is -2.53. The van der Waals surface area contributed by atoms with E-state index < -0.39 is 0 Å². The molecule has 4 heteroatoms. The molecule has 0 saturated heterocycles. The summed E-state index contributed by atoms with van der Waals surface area (Å²) in [5, 5.41) is 0. The van der Waals surface area contributed by atoms with Crippen LogP contribution in [0.15, 0.2) is 115 Å². The number of hydrogen-bond acceptors (Lipinski definition) is 3. The van der Waals surface area contributed by atoms with Gasteiger partial charge >= 0.3 is 0 Å². The fourth-order valence-electron chi connectivity index (χ4n) is 11.7. The summed E-state index contributed by atoms with van der Waals surface area (Å²) in [6, 6.07) is 45.5. The lowest BCUT2D eigenvalue weighted by molar-refractivity contribution is 0.195. The summed E-state index contributed by atoms with van der Waals surface area (Å²) >= 11 is 0. The van der Waals surface area contributed by atoms with Crippen molar-refractivity contribution in [3.05, 3.63) is 149 Å². The van der Waals surface area contributed by atoms with Crippen molar-refractivity contribution < 1.29 is 0 Å². The molecule has 2 unspecified atom stereocenters. The maximum absolute atomic E-state index is 2.89. The third kappa shape index (κ3) is 6.05. The fraction of sp³-hybridized carbons (Fsp3) is 0.379. The maximum atomic E-state index is 2.89. The van der Waals surface area contributed by atoms with Crippen LogP contribution in [-0.4, -0.2) is 12.3 Å². The van der Waals surface area contributed by atoms with Crippen LogP contribution >= 0.6 is 0 Å². The summed E-state index contributed by atoms with van der Waals surface area (Å²) in [6.45, 7) is 30.8. The third-order valence-corrected chi connectivity index (χ3v) is 15.5. The van der Waals surface area contributed by atoms with Gasteiger partial charge in [-0.3, -0.25) is 0 Å². The molecule has 0 radical (unpaired) electrons. The lowest BCUT2D eigenvalue weighted by atomic mass is 9.33. The summed E-state index contributed by atoms with van der Waals surface area (Å²) in [6.07, 6.45) is 4.87. The average molecular weight is 816 g/mol. The van der Waals surface area contributed by atoms with E-state index in [0.717, 1.165) is 6.42 Å². The Morgan fingerprint density at radius 1 is 0.532 bits per heavy atom. The Labute approximate surface area is 373 Å². The Morgan fingerprint density at radius 3 is 1.71 bits per heavy atom. The Bertz CT molecular complexity index is 2700. The highest BCUT2D eigenvalue weighted by Crippen LogP contribution is 2.62. The van der Waals surface area contributed by atoms with Crippen molar-refractivity contribution in [2.24, 2.45) is 0 Å². The molecule has 316 valence electrons. The minimum Gasteiger partial charge on any atom is -0.335 e. The van der Waals surface area contributed by atoms with Crippen LogP contribution in [-0.2, 0) is 21.7 Å². The number of rotatable bonds is 4. The highest BCUT2D eigenvalue weighted by Gasteiger charge is 2.61. The Morgan fingerprint density at radius 2 is 1.11 bits per heavy atom. The van der Waals surface area contributed by atoms with Gasteiger partial charge in [0.25, 0.3) is 6.71 Å². The molecule has 1 fully saturated rings. The normalized spacial score (nSPS) is 20.1. The van der Waals surface area contributed by atoms with E-state index in [0.29, 0.717) is 0 Å². The fourth-order valence-corrected chi connectivity index (χ4v) is 11.7.